The van der Waals surface area contributed by atoms with Crippen LogP contribution in [-0.2, 0) is 36.8 Å². The molecule has 4 amide bonds. The Morgan fingerprint density at radius 3 is 1.95 bits per heavy atom. The normalized spacial score (nSPS) is 13.0. The van der Waals surface area contributed by atoms with E-state index in [9.17, 15) is 34.2 Å². The minimum atomic E-state index is -1.20. The highest BCUT2D eigenvalue weighted by Gasteiger charge is 2.27. The maximum Gasteiger partial charge on any atom is 0.326 e. The molecule has 2 aromatic carbocycles. The van der Waals surface area contributed by atoms with Gasteiger partial charge in [0.2, 0.25) is 23.6 Å². The van der Waals surface area contributed by atoms with Gasteiger partial charge in [-0.3, -0.25) is 19.2 Å². The first-order chi connectivity index (χ1) is 18.9. The molecule has 0 aromatic heterocycles. The van der Waals surface area contributed by atoms with Gasteiger partial charge in [0, 0.05) is 6.42 Å². The lowest BCUT2D eigenvalue weighted by Gasteiger charge is -2.22. The molecule has 0 saturated heterocycles. The van der Waals surface area contributed by atoms with Crippen molar-refractivity contribution in [2.45, 2.75) is 51.2 Å². The smallest absolute Gasteiger partial charge is 0.326 e. The monoisotopic (exact) mass is 555 g/mol. The Morgan fingerprint density at radius 2 is 1.35 bits per heavy atom. The van der Waals surface area contributed by atoms with Gasteiger partial charge >= 0.3 is 5.97 Å². The van der Waals surface area contributed by atoms with E-state index in [-0.39, 0.29) is 24.5 Å². The molecule has 0 aliphatic carbocycles. The molecular formula is C28H37N5O7. The van der Waals surface area contributed by atoms with Gasteiger partial charge < -0.3 is 37.2 Å². The quantitative estimate of drug-likeness (QED) is 0.157. The van der Waals surface area contributed by atoms with Gasteiger partial charge in [-0.15, -0.1) is 0 Å². The molecule has 12 heteroatoms. The summed E-state index contributed by atoms with van der Waals surface area (Å²) in [6, 6.07) is 12.0. The van der Waals surface area contributed by atoms with Crippen LogP contribution < -0.4 is 27.0 Å². The molecule has 2 rings (SSSR count). The minimum absolute atomic E-state index is 0.00451. The van der Waals surface area contributed by atoms with Crippen molar-refractivity contribution in [1.82, 2.24) is 21.3 Å². The molecule has 0 spiro atoms. The molecule has 0 unspecified atom stereocenters. The van der Waals surface area contributed by atoms with Crippen LogP contribution in [0.5, 0.6) is 5.75 Å². The van der Waals surface area contributed by atoms with Gasteiger partial charge in [-0.1, -0.05) is 56.3 Å². The Kier molecular flexibility index (Phi) is 12.6. The number of carbonyl (C=O) groups is 5. The number of aliphatic carboxylic acids is 1. The number of hydrogen-bond acceptors (Lipinski definition) is 7. The Hall–Kier alpha value is -4.45. The van der Waals surface area contributed by atoms with E-state index in [1.165, 1.54) is 12.1 Å². The lowest BCUT2D eigenvalue weighted by atomic mass is 10.0. The molecule has 216 valence electrons. The number of hydrogen-bond donors (Lipinski definition) is 7. The Bertz CT molecular complexity index is 1160. The first-order valence-corrected chi connectivity index (χ1v) is 12.9. The highest BCUT2D eigenvalue weighted by molar-refractivity contribution is 5.93. The summed E-state index contributed by atoms with van der Waals surface area (Å²) in [7, 11) is 0. The van der Waals surface area contributed by atoms with Crippen molar-refractivity contribution in [3.8, 4) is 5.75 Å². The summed E-state index contributed by atoms with van der Waals surface area (Å²) in [5.74, 6) is -3.76. The Labute approximate surface area is 232 Å². The fourth-order valence-corrected chi connectivity index (χ4v) is 3.79. The zero-order valence-electron chi connectivity index (χ0n) is 22.6. The Morgan fingerprint density at radius 1 is 0.750 bits per heavy atom. The summed E-state index contributed by atoms with van der Waals surface area (Å²) in [5.41, 5.74) is 7.37. The van der Waals surface area contributed by atoms with Crippen molar-refractivity contribution in [2.75, 3.05) is 13.1 Å². The van der Waals surface area contributed by atoms with E-state index in [0.717, 1.165) is 5.56 Å². The van der Waals surface area contributed by atoms with Gasteiger partial charge in [-0.25, -0.2) is 4.79 Å². The number of aromatic hydroxyl groups is 1. The number of benzene rings is 2. The van der Waals surface area contributed by atoms with Crippen LogP contribution in [0.4, 0.5) is 0 Å². The Balaban J connectivity index is 1.92. The molecule has 0 radical (unpaired) electrons. The molecule has 0 heterocycles. The van der Waals surface area contributed by atoms with E-state index in [1.54, 1.807) is 12.1 Å². The van der Waals surface area contributed by atoms with Gasteiger partial charge in [0.15, 0.2) is 0 Å². The van der Waals surface area contributed by atoms with Gasteiger partial charge in [-0.05, 0) is 42.0 Å². The number of amides is 4. The van der Waals surface area contributed by atoms with E-state index < -0.39 is 60.8 Å². The number of phenols is 1. The molecule has 0 fully saturated rings. The van der Waals surface area contributed by atoms with Gasteiger partial charge in [0.25, 0.3) is 0 Å². The first-order valence-electron chi connectivity index (χ1n) is 12.9. The summed E-state index contributed by atoms with van der Waals surface area (Å²) >= 11 is 0. The lowest BCUT2D eigenvalue weighted by Crippen LogP contribution is -2.54. The van der Waals surface area contributed by atoms with Gasteiger partial charge in [0.1, 0.15) is 17.8 Å². The SMILES string of the molecule is CC(C)C[C@H](NC(=O)[C@H](Cc1ccc(O)cc1)NC(=O)CNC(=O)CNC(=O)[C@@H](N)Cc1ccccc1)C(=O)O. The molecule has 0 saturated carbocycles. The van der Waals surface area contributed by atoms with E-state index in [0.29, 0.717) is 12.0 Å². The van der Waals surface area contributed by atoms with Crippen LogP contribution in [0.3, 0.4) is 0 Å². The number of nitrogens with one attached hydrogen (secondary N) is 4. The number of phenolic OH excluding ortho intramolecular Hbond substituents is 1. The number of rotatable bonds is 15. The third kappa shape index (κ3) is 11.5. The molecule has 0 aliphatic heterocycles. The zero-order valence-corrected chi connectivity index (χ0v) is 22.6. The maximum atomic E-state index is 13.0. The first kappa shape index (κ1) is 31.8. The van der Waals surface area contributed by atoms with Crippen LogP contribution in [0, 0.1) is 5.92 Å². The second-order valence-electron chi connectivity index (χ2n) is 9.81. The summed E-state index contributed by atoms with van der Waals surface area (Å²) in [4.78, 5) is 61.6. The van der Waals surface area contributed by atoms with Crippen molar-refractivity contribution in [1.29, 1.82) is 0 Å². The number of carbonyl (C=O) groups excluding carboxylic acids is 4. The molecule has 40 heavy (non-hydrogen) atoms. The van der Waals surface area contributed by atoms with Gasteiger partial charge in [0.05, 0.1) is 19.1 Å². The number of carboxylic acids is 1. The minimum Gasteiger partial charge on any atom is -0.508 e. The van der Waals surface area contributed by atoms with E-state index >= 15 is 0 Å². The van der Waals surface area contributed by atoms with Crippen molar-refractivity contribution >= 4 is 29.6 Å². The van der Waals surface area contributed by atoms with Crippen molar-refractivity contribution in [2.24, 2.45) is 11.7 Å². The molecule has 2 aromatic rings. The average Bonchev–Trinajstić information content (AvgIpc) is 2.91. The second kappa shape index (κ2) is 15.8. The van der Waals surface area contributed by atoms with E-state index in [1.807, 2.05) is 44.2 Å². The fraction of sp³-hybridized carbons (Fsp3) is 0.393. The van der Waals surface area contributed by atoms with Crippen molar-refractivity contribution in [3.05, 3.63) is 65.7 Å². The summed E-state index contributed by atoms with van der Waals surface area (Å²) in [6.07, 6.45) is 0.494. The fourth-order valence-electron chi connectivity index (χ4n) is 3.79. The third-order valence-corrected chi connectivity index (χ3v) is 5.85. The molecule has 0 bridgehead atoms. The van der Waals surface area contributed by atoms with Crippen LogP contribution in [0.1, 0.15) is 31.4 Å². The molecule has 3 atom stereocenters. The lowest BCUT2D eigenvalue weighted by molar-refractivity contribution is -0.142. The van der Waals surface area contributed by atoms with Crippen LogP contribution >= 0.6 is 0 Å². The molecule has 0 aliphatic rings. The highest BCUT2D eigenvalue weighted by Crippen LogP contribution is 2.12. The summed E-state index contributed by atoms with van der Waals surface area (Å²) in [5, 5.41) is 28.8. The van der Waals surface area contributed by atoms with E-state index in [2.05, 4.69) is 21.3 Å². The second-order valence-corrected chi connectivity index (χ2v) is 9.81. The largest absolute Gasteiger partial charge is 0.508 e. The topological polar surface area (TPSA) is 200 Å². The average molecular weight is 556 g/mol. The predicted octanol–water partition coefficient (Wildman–Crippen LogP) is -0.163. The molecule has 8 N–H and O–H groups in total. The van der Waals surface area contributed by atoms with Crippen LogP contribution in [0.2, 0.25) is 0 Å². The van der Waals surface area contributed by atoms with Crippen LogP contribution in [0.15, 0.2) is 54.6 Å². The standard InChI is InChI=1S/C28H37N5O7/c1-17(2)12-23(28(39)40)33-27(38)22(14-19-8-10-20(34)11-9-19)32-25(36)16-30-24(35)15-31-26(37)21(29)13-18-6-4-3-5-7-18/h3-11,17,21-23,34H,12-16,29H2,1-2H3,(H,30,35)(H,31,37)(H,32,36)(H,33,38)(H,39,40)/t21-,22-,23-/m0/s1. The molecular weight excluding hydrogens is 518 g/mol. The third-order valence-electron chi connectivity index (χ3n) is 5.85. The summed E-state index contributed by atoms with van der Waals surface area (Å²) < 4.78 is 0. The van der Waals surface area contributed by atoms with Crippen molar-refractivity contribution in [3.63, 3.8) is 0 Å². The number of carboxylic acid groups (broad SMARTS) is 1. The maximum absolute atomic E-state index is 13.0. The van der Waals surface area contributed by atoms with Gasteiger partial charge in [-0.2, -0.15) is 0 Å². The molecule has 12 nitrogen and oxygen atoms in total. The van der Waals surface area contributed by atoms with Crippen LogP contribution in [-0.4, -0.2) is 71.0 Å². The number of nitrogens with two attached hydrogens (primary N) is 1. The highest BCUT2D eigenvalue weighted by atomic mass is 16.4. The van der Waals surface area contributed by atoms with Crippen molar-refractivity contribution < 1.29 is 34.2 Å². The van der Waals surface area contributed by atoms with E-state index in [4.69, 9.17) is 5.73 Å². The summed E-state index contributed by atoms with van der Waals surface area (Å²) in [6.45, 7) is 2.75. The predicted molar refractivity (Wildman–Crippen MR) is 147 cm³/mol. The van der Waals surface area contributed by atoms with Crippen LogP contribution in [0.25, 0.3) is 0 Å². The zero-order chi connectivity index (χ0) is 29.7.